The molecule has 0 unspecified atom stereocenters. The smallest absolute Gasteiger partial charge is 0.206 e. The number of alkyl halides is 2. The molecule has 4 rings (SSSR count). The summed E-state index contributed by atoms with van der Waals surface area (Å²) in [7, 11) is 0. The van der Waals surface area contributed by atoms with E-state index in [0.717, 1.165) is 18.2 Å². The van der Waals surface area contributed by atoms with Crippen molar-refractivity contribution in [3.63, 3.8) is 0 Å². The van der Waals surface area contributed by atoms with Crippen LogP contribution in [0, 0.1) is 29.1 Å². The molecule has 0 fully saturated rings. The molecule has 152 valence electrons. The maximum absolute atomic E-state index is 13.3. The van der Waals surface area contributed by atoms with Crippen LogP contribution in [-0.2, 0) is 5.92 Å². The summed E-state index contributed by atoms with van der Waals surface area (Å²) in [5.41, 5.74) is -0.859. The van der Waals surface area contributed by atoms with Gasteiger partial charge < -0.3 is 0 Å². The van der Waals surface area contributed by atoms with E-state index in [-0.39, 0.29) is 15.4 Å². The Kier molecular flexibility index (Phi) is 6.10. The molecule has 0 heterocycles. The summed E-state index contributed by atoms with van der Waals surface area (Å²) in [5, 5.41) is 0.00303. The molecule has 0 spiro atoms. The number of benzene rings is 3. The normalized spacial score (nSPS) is 14.4. The van der Waals surface area contributed by atoms with Gasteiger partial charge in [-0.2, -0.15) is 0 Å². The van der Waals surface area contributed by atoms with Gasteiger partial charge in [0.05, 0.1) is 10.9 Å². The largest absolute Gasteiger partial charge is 0.280 e. The molecule has 0 radical (unpaired) electrons. The van der Waals surface area contributed by atoms with Gasteiger partial charge in [0.1, 0.15) is 5.82 Å². The minimum Gasteiger partial charge on any atom is -0.206 e. The summed E-state index contributed by atoms with van der Waals surface area (Å²) in [6.45, 7) is 0. The highest BCUT2D eigenvalue weighted by molar-refractivity contribution is 9.11. The Morgan fingerprint density at radius 1 is 0.793 bits per heavy atom. The highest BCUT2D eigenvalue weighted by Gasteiger charge is 2.39. The van der Waals surface area contributed by atoms with Crippen LogP contribution in [0.3, 0.4) is 0 Å². The molecule has 0 saturated carbocycles. The zero-order valence-electron chi connectivity index (χ0n) is 14.2. The van der Waals surface area contributed by atoms with Crippen molar-refractivity contribution in [2.75, 3.05) is 0 Å². The molecular formula is C20H9Br2F7. The summed E-state index contributed by atoms with van der Waals surface area (Å²) in [6, 6.07) is 5.89. The van der Waals surface area contributed by atoms with Gasteiger partial charge in [0, 0.05) is 26.3 Å². The lowest BCUT2D eigenvalue weighted by Crippen LogP contribution is -2.20. The van der Waals surface area contributed by atoms with Crippen LogP contribution >= 0.6 is 31.9 Å². The average molecular weight is 542 g/mol. The van der Waals surface area contributed by atoms with E-state index in [0.29, 0.717) is 9.86 Å². The van der Waals surface area contributed by atoms with Crippen LogP contribution in [0.15, 0.2) is 45.4 Å². The Morgan fingerprint density at radius 2 is 1.41 bits per heavy atom. The van der Waals surface area contributed by atoms with Crippen LogP contribution < -0.4 is 0 Å². The quantitative estimate of drug-likeness (QED) is 0.198. The Labute approximate surface area is 177 Å². The molecule has 0 nitrogen and oxygen atoms in total. The third-order valence-electron chi connectivity index (χ3n) is 4.19. The van der Waals surface area contributed by atoms with Gasteiger partial charge in [-0.05, 0) is 18.2 Å². The fourth-order valence-electron chi connectivity index (χ4n) is 2.87. The van der Waals surface area contributed by atoms with Crippen molar-refractivity contribution in [1.82, 2.24) is 0 Å². The Morgan fingerprint density at radius 3 is 2.10 bits per heavy atom. The van der Waals surface area contributed by atoms with Crippen LogP contribution in [0.1, 0.15) is 17.5 Å². The third-order valence-corrected chi connectivity index (χ3v) is 5.50. The Hall–Kier alpha value is -1.87. The Bertz CT molecular complexity index is 1140. The highest BCUT2D eigenvalue weighted by Crippen LogP contribution is 2.43. The molecule has 0 atom stereocenters. The number of allylic oxidation sites excluding steroid dienone is 1. The lowest BCUT2D eigenvalue weighted by atomic mass is 9.93. The summed E-state index contributed by atoms with van der Waals surface area (Å²) in [5.74, 6) is -9.06. The minimum atomic E-state index is -3.35. The molecule has 0 bridgehead atoms. The second-order valence-electron chi connectivity index (χ2n) is 6.07. The van der Waals surface area contributed by atoms with Crippen molar-refractivity contribution in [3.8, 4) is 0 Å². The van der Waals surface area contributed by atoms with Gasteiger partial charge in [-0.15, -0.1) is 0 Å². The third kappa shape index (κ3) is 4.07. The van der Waals surface area contributed by atoms with Gasteiger partial charge in [-0.3, -0.25) is 0 Å². The monoisotopic (exact) mass is 540 g/mol. The lowest BCUT2D eigenvalue weighted by molar-refractivity contribution is -0.00650. The molecule has 1 aliphatic carbocycles. The van der Waals surface area contributed by atoms with Gasteiger partial charge in [-0.25, -0.2) is 30.7 Å². The minimum absolute atomic E-state index is 0.00477. The van der Waals surface area contributed by atoms with Crippen molar-refractivity contribution >= 4 is 48.7 Å². The standard InChI is InChI=1S/C10H5BrF4.C10H4BrF3/c11-6-4-7(12)9(13)8-5(6)2-1-3-10(8,14)15;11-6-4-8(13)10(14)9-5(6)2-1-3-7(9)12/h1-2,4H,3H2;1-4H. The van der Waals surface area contributed by atoms with Crippen LogP contribution in [0.2, 0.25) is 0 Å². The van der Waals surface area contributed by atoms with E-state index in [2.05, 4.69) is 31.9 Å². The number of hydrogen-bond acceptors (Lipinski definition) is 0. The molecular weight excluding hydrogens is 533 g/mol. The second kappa shape index (κ2) is 8.10. The zero-order valence-corrected chi connectivity index (χ0v) is 17.3. The maximum Gasteiger partial charge on any atom is 0.280 e. The van der Waals surface area contributed by atoms with Crippen LogP contribution in [0.5, 0.6) is 0 Å². The SMILES string of the molecule is Fc1cc(Br)c2c(c1F)C(F)(F)CC=C2.Fc1cc(Br)c2cccc(F)c2c1F. The molecule has 29 heavy (non-hydrogen) atoms. The van der Waals surface area contributed by atoms with Crippen LogP contribution in [-0.4, -0.2) is 0 Å². The predicted octanol–water partition coefficient (Wildman–Crippen LogP) is 8.26. The van der Waals surface area contributed by atoms with E-state index < -0.39 is 47.0 Å². The molecule has 0 saturated heterocycles. The van der Waals surface area contributed by atoms with Crippen LogP contribution in [0.25, 0.3) is 16.8 Å². The van der Waals surface area contributed by atoms with Gasteiger partial charge in [-0.1, -0.05) is 56.1 Å². The predicted molar refractivity (Wildman–Crippen MR) is 103 cm³/mol. The van der Waals surface area contributed by atoms with E-state index in [4.69, 9.17) is 0 Å². The summed E-state index contributed by atoms with van der Waals surface area (Å²) in [6.07, 6.45) is 2.00. The number of rotatable bonds is 0. The van der Waals surface area contributed by atoms with Gasteiger partial charge in [0.2, 0.25) is 0 Å². The molecule has 9 heteroatoms. The van der Waals surface area contributed by atoms with Crippen molar-refractivity contribution in [2.24, 2.45) is 0 Å². The molecule has 1 aliphatic rings. The highest BCUT2D eigenvalue weighted by atomic mass is 79.9. The summed E-state index contributed by atoms with van der Waals surface area (Å²) < 4.78 is 92.6. The summed E-state index contributed by atoms with van der Waals surface area (Å²) >= 11 is 5.97. The molecule has 0 N–H and O–H groups in total. The fraction of sp³-hybridized carbons (Fsp3) is 0.100. The molecule has 0 aliphatic heterocycles. The maximum atomic E-state index is 13.3. The van der Waals surface area contributed by atoms with Crippen molar-refractivity contribution in [1.29, 1.82) is 0 Å². The van der Waals surface area contributed by atoms with Crippen LogP contribution in [0.4, 0.5) is 30.7 Å². The molecule has 0 amide bonds. The number of fused-ring (bicyclic) bond motifs is 2. The van der Waals surface area contributed by atoms with E-state index in [1.807, 2.05) is 0 Å². The topological polar surface area (TPSA) is 0 Å². The number of hydrogen-bond donors (Lipinski definition) is 0. The fourth-order valence-corrected chi connectivity index (χ4v) is 3.94. The zero-order chi connectivity index (χ0) is 21.5. The molecule has 0 aromatic heterocycles. The first kappa shape index (κ1) is 21.8. The van der Waals surface area contributed by atoms with Crippen molar-refractivity contribution < 1.29 is 30.7 Å². The van der Waals surface area contributed by atoms with E-state index in [1.165, 1.54) is 24.3 Å². The van der Waals surface area contributed by atoms with E-state index >= 15 is 0 Å². The van der Waals surface area contributed by atoms with E-state index in [9.17, 15) is 30.7 Å². The molecule has 3 aromatic rings. The molecule has 3 aromatic carbocycles. The number of halogens is 9. The first-order valence-electron chi connectivity index (χ1n) is 7.98. The second-order valence-corrected chi connectivity index (χ2v) is 7.78. The average Bonchev–Trinajstić information content (AvgIpc) is 2.64. The van der Waals surface area contributed by atoms with Gasteiger partial charge in [0.15, 0.2) is 23.3 Å². The summed E-state index contributed by atoms with van der Waals surface area (Å²) in [4.78, 5) is 0. The Balaban J connectivity index is 0.000000166. The lowest BCUT2D eigenvalue weighted by Gasteiger charge is -2.22. The van der Waals surface area contributed by atoms with Crippen molar-refractivity contribution in [2.45, 2.75) is 12.3 Å². The van der Waals surface area contributed by atoms with Crippen molar-refractivity contribution in [3.05, 3.63) is 85.6 Å². The van der Waals surface area contributed by atoms with E-state index in [1.54, 1.807) is 0 Å². The first-order chi connectivity index (χ1) is 13.5. The van der Waals surface area contributed by atoms with Gasteiger partial charge in [0.25, 0.3) is 5.92 Å². The van der Waals surface area contributed by atoms with Gasteiger partial charge >= 0.3 is 0 Å². The first-order valence-corrected chi connectivity index (χ1v) is 9.57.